The molecule has 172 valence electrons. The summed E-state index contributed by atoms with van der Waals surface area (Å²) >= 11 is 0. The van der Waals surface area contributed by atoms with Crippen LogP contribution in [0.3, 0.4) is 0 Å². The molecule has 0 saturated carbocycles. The van der Waals surface area contributed by atoms with E-state index in [1.54, 1.807) is 7.11 Å². The topological polar surface area (TPSA) is 94.5 Å². The van der Waals surface area contributed by atoms with E-state index in [1.807, 2.05) is 26.8 Å². The number of methoxy groups -OCH3 is 1. The van der Waals surface area contributed by atoms with E-state index in [0.29, 0.717) is 37.4 Å². The Morgan fingerprint density at radius 3 is 2.71 bits per heavy atom. The molecule has 3 unspecified atom stereocenters. The average Bonchev–Trinajstić information content (AvgIpc) is 3.16. The molecule has 0 aromatic rings. The second kappa shape index (κ2) is 10.4. The van der Waals surface area contributed by atoms with Gasteiger partial charge in [-0.3, -0.25) is 14.5 Å². The molecule has 8 nitrogen and oxygen atoms in total. The predicted molar refractivity (Wildman–Crippen MR) is 113 cm³/mol. The molecule has 0 bridgehead atoms. The van der Waals surface area contributed by atoms with Crippen LogP contribution in [0.25, 0.3) is 0 Å². The van der Waals surface area contributed by atoms with Gasteiger partial charge in [0.15, 0.2) is 6.23 Å². The maximum Gasteiger partial charge on any atom is 0.316 e. The molecule has 2 fully saturated rings. The summed E-state index contributed by atoms with van der Waals surface area (Å²) in [6.07, 6.45) is 2.02. The lowest BCUT2D eigenvalue weighted by molar-refractivity contribution is -0.161. The Kier molecular flexibility index (Phi) is 7.91. The molecule has 3 atom stereocenters. The van der Waals surface area contributed by atoms with Crippen LogP contribution < -0.4 is 0 Å². The first-order valence-corrected chi connectivity index (χ1v) is 10.8. The number of cyclic esters (lactones) is 1. The Bertz CT molecular complexity index is 792. The van der Waals surface area contributed by atoms with Crippen molar-refractivity contribution in [3.63, 3.8) is 0 Å². The van der Waals surface area contributed by atoms with Gasteiger partial charge in [-0.2, -0.15) is 0 Å². The van der Waals surface area contributed by atoms with Gasteiger partial charge in [0.1, 0.15) is 18.3 Å². The van der Waals surface area contributed by atoms with Crippen LogP contribution in [0.15, 0.2) is 34.1 Å². The molecule has 2 saturated heterocycles. The molecule has 3 rings (SSSR count). The van der Waals surface area contributed by atoms with Gasteiger partial charge in [-0.25, -0.2) is 0 Å². The number of esters is 2. The highest BCUT2D eigenvalue weighted by Gasteiger charge is 2.44. The lowest BCUT2D eigenvalue weighted by Crippen LogP contribution is -2.44. The zero-order valence-corrected chi connectivity index (χ0v) is 18.8. The molecular weight excluding hydrogens is 402 g/mol. The largest absolute Gasteiger partial charge is 0.496 e. The minimum Gasteiger partial charge on any atom is -0.496 e. The first-order chi connectivity index (χ1) is 14.8. The number of allylic oxidation sites excluding steroid dienone is 3. The first kappa shape index (κ1) is 23.5. The van der Waals surface area contributed by atoms with Crippen molar-refractivity contribution in [2.45, 2.75) is 52.4 Å². The van der Waals surface area contributed by atoms with Crippen LogP contribution in [-0.2, 0) is 28.5 Å². The van der Waals surface area contributed by atoms with Gasteiger partial charge in [0.05, 0.1) is 26.4 Å². The Hall–Kier alpha value is -2.16. The van der Waals surface area contributed by atoms with Crippen molar-refractivity contribution in [1.82, 2.24) is 4.90 Å². The van der Waals surface area contributed by atoms with Crippen LogP contribution in [-0.4, -0.2) is 74.3 Å². The predicted octanol–water partition coefficient (Wildman–Crippen LogP) is 2.09. The van der Waals surface area contributed by atoms with Crippen LogP contribution in [0.4, 0.5) is 0 Å². The quantitative estimate of drug-likeness (QED) is 0.458. The molecule has 31 heavy (non-hydrogen) atoms. The number of rotatable bonds is 8. The number of carbonyl (C=O) groups is 2. The lowest BCUT2D eigenvalue weighted by Gasteiger charge is -2.31. The molecule has 3 aliphatic rings. The Morgan fingerprint density at radius 2 is 2.03 bits per heavy atom. The van der Waals surface area contributed by atoms with Gasteiger partial charge >= 0.3 is 11.9 Å². The number of aliphatic hydroxyl groups excluding tert-OH is 1. The SMILES string of the molecule is COC1=C(C/C=C(\C)CCC(=O)OC(C)N2CCOCC2)C(O)C2C(=O)OCC2=C1C. The van der Waals surface area contributed by atoms with E-state index < -0.39 is 18.0 Å². The number of aliphatic hydroxyl groups is 1. The summed E-state index contributed by atoms with van der Waals surface area (Å²) in [5.74, 6) is -0.676. The fraction of sp³-hybridized carbons (Fsp3) is 0.652. The van der Waals surface area contributed by atoms with Gasteiger partial charge in [-0.15, -0.1) is 0 Å². The zero-order valence-electron chi connectivity index (χ0n) is 18.8. The highest BCUT2D eigenvalue weighted by molar-refractivity contribution is 5.82. The molecule has 0 spiro atoms. The normalized spacial score (nSPS) is 26.0. The fourth-order valence-corrected chi connectivity index (χ4v) is 4.30. The molecule has 0 radical (unpaired) electrons. The van der Waals surface area contributed by atoms with Crippen molar-refractivity contribution in [2.75, 3.05) is 40.0 Å². The third kappa shape index (κ3) is 5.37. The van der Waals surface area contributed by atoms with E-state index in [1.165, 1.54) is 0 Å². The number of ether oxygens (including phenoxy) is 4. The van der Waals surface area contributed by atoms with E-state index in [2.05, 4.69) is 4.90 Å². The molecule has 2 heterocycles. The third-order valence-electron chi connectivity index (χ3n) is 6.25. The Balaban J connectivity index is 1.56. The minimum absolute atomic E-state index is 0.201. The maximum atomic E-state index is 12.2. The highest BCUT2D eigenvalue weighted by atomic mass is 16.6. The summed E-state index contributed by atoms with van der Waals surface area (Å²) in [5.41, 5.74) is 3.31. The highest BCUT2D eigenvalue weighted by Crippen LogP contribution is 2.40. The molecule has 0 aromatic carbocycles. The number of hydrogen-bond acceptors (Lipinski definition) is 8. The summed E-state index contributed by atoms with van der Waals surface area (Å²) in [5, 5.41) is 10.8. The van der Waals surface area contributed by atoms with Crippen molar-refractivity contribution in [1.29, 1.82) is 0 Å². The number of carbonyl (C=O) groups excluding carboxylic acids is 2. The van der Waals surface area contributed by atoms with Gasteiger partial charge in [0.2, 0.25) is 0 Å². The van der Waals surface area contributed by atoms with Crippen LogP contribution in [0.5, 0.6) is 0 Å². The number of fused-ring (bicyclic) bond motifs is 1. The monoisotopic (exact) mass is 435 g/mol. The van der Waals surface area contributed by atoms with Crippen molar-refractivity contribution >= 4 is 11.9 Å². The Labute approximate surface area is 183 Å². The van der Waals surface area contributed by atoms with Crippen molar-refractivity contribution < 1.29 is 33.6 Å². The van der Waals surface area contributed by atoms with Crippen molar-refractivity contribution in [2.24, 2.45) is 5.92 Å². The van der Waals surface area contributed by atoms with E-state index in [9.17, 15) is 14.7 Å². The molecule has 0 aromatic heterocycles. The van der Waals surface area contributed by atoms with E-state index >= 15 is 0 Å². The van der Waals surface area contributed by atoms with Gasteiger partial charge in [0, 0.05) is 25.1 Å². The van der Waals surface area contributed by atoms with E-state index in [0.717, 1.165) is 29.8 Å². The van der Waals surface area contributed by atoms with Gasteiger partial charge in [-0.05, 0) is 44.8 Å². The van der Waals surface area contributed by atoms with Crippen LogP contribution >= 0.6 is 0 Å². The number of hydrogen-bond donors (Lipinski definition) is 1. The third-order valence-corrected chi connectivity index (χ3v) is 6.25. The smallest absolute Gasteiger partial charge is 0.316 e. The van der Waals surface area contributed by atoms with Crippen LogP contribution in [0.2, 0.25) is 0 Å². The second-order valence-electron chi connectivity index (χ2n) is 8.23. The van der Waals surface area contributed by atoms with Gasteiger partial charge < -0.3 is 24.1 Å². The van der Waals surface area contributed by atoms with Crippen LogP contribution in [0.1, 0.15) is 40.0 Å². The van der Waals surface area contributed by atoms with Crippen molar-refractivity contribution in [3.05, 3.63) is 34.1 Å². The average molecular weight is 436 g/mol. The van der Waals surface area contributed by atoms with E-state index in [-0.39, 0.29) is 25.2 Å². The summed E-state index contributed by atoms with van der Waals surface area (Å²) in [7, 11) is 1.56. The molecule has 1 N–H and O–H groups in total. The van der Waals surface area contributed by atoms with Gasteiger partial charge in [0.25, 0.3) is 0 Å². The zero-order chi connectivity index (χ0) is 22.5. The number of morpholine rings is 1. The summed E-state index contributed by atoms with van der Waals surface area (Å²) < 4.78 is 21.5. The molecule has 8 heteroatoms. The second-order valence-corrected chi connectivity index (χ2v) is 8.23. The maximum absolute atomic E-state index is 12.2. The molecule has 0 amide bonds. The first-order valence-electron chi connectivity index (χ1n) is 10.8. The summed E-state index contributed by atoms with van der Waals surface area (Å²) in [6.45, 7) is 8.75. The lowest BCUT2D eigenvalue weighted by atomic mass is 9.80. The fourth-order valence-electron chi connectivity index (χ4n) is 4.30. The van der Waals surface area contributed by atoms with Crippen molar-refractivity contribution in [3.8, 4) is 0 Å². The minimum atomic E-state index is -0.966. The number of nitrogens with zero attached hydrogens (tertiary/aromatic N) is 1. The molecule has 2 aliphatic heterocycles. The Morgan fingerprint density at radius 1 is 1.32 bits per heavy atom. The summed E-state index contributed by atoms with van der Waals surface area (Å²) in [4.78, 5) is 26.4. The summed E-state index contributed by atoms with van der Waals surface area (Å²) in [6, 6.07) is 0. The molecule has 1 aliphatic carbocycles. The van der Waals surface area contributed by atoms with Crippen LogP contribution in [0, 0.1) is 5.92 Å². The van der Waals surface area contributed by atoms with E-state index in [4.69, 9.17) is 18.9 Å². The standard InChI is InChI=1S/C23H33NO7/c1-14(6-8-19(25)31-16(3)24-9-11-29-12-10-24)5-7-17-21(26)20-18(13-30-23(20)27)15(2)22(17)28-4/h5,16,20-21,26H,6-13H2,1-4H3/b14-5+. The van der Waals surface area contributed by atoms with Gasteiger partial charge in [-0.1, -0.05) is 11.6 Å². The molecular formula is C23H33NO7.